The lowest BCUT2D eigenvalue weighted by molar-refractivity contribution is 0.00578. The third kappa shape index (κ3) is 4.93. The third-order valence-corrected chi connectivity index (χ3v) is 6.33. The largest absolute Gasteiger partial charge is 0.476 e. The molecule has 4 atom stereocenters. The van der Waals surface area contributed by atoms with Gasteiger partial charge < -0.3 is 25.1 Å². The zero-order valence-corrected chi connectivity index (χ0v) is 17.4. The maximum Gasteiger partial charge on any atom is 0.476 e. The molecule has 1 heterocycles. The predicted molar refractivity (Wildman–Crippen MR) is 110 cm³/mol. The van der Waals surface area contributed by atoms with Crippen LogP contribution in [-0.2, 0) is 14.0 Å². The Morgan fingerprint density at radius 1 is 1.19 bits per heavy atom. The highest BCUT2D eigenvalue weighted by Gasteiger charge is 2.55. The summed E-state index contributed by atoms with van der Waals surface area (Å²) in [5.74, 6) is 1.42. The number of hydrogen-bond donors (Lipinski definition) is 2. The Morgan fingerprint density at radius 2 is 1.81 bits per heavy atom. The number of nitrogens with two attached hydrogens (primary N) is 1. The van der Waals surface area contributed by atoms with E-state index >= 15 is 0 Å². The monoisotopic (exact) mass is 374 g/mol. The van der Waals surface area contributed by atoms with E-state index in [2.05, 4.69) is 63.3 Å². The Kier molecular flexibility index (Phi) is 6.33. The summed E-state index contributed by atoms with van der Waals surface area (Å²) < 4.78 is 17.8. The molecule has 1 saturated heterocycles. The number of methoxy groups -OCH3 is 1. The molecule has 0 spiro atoms. The van der Waals surface area contributed by atoms with Crippen molar-refractivity contribution in [1.82, 2.24) is 5.32 Å². The fourth-order valence-electron chi connectivity index (χ4n) is 3.86. The Hall–Kier alpha value is -0.915. The topological polar surface area (TPSA) is 65.7 Å². The van der Waals surface area contributed by atoms with E-state index in [-0.39, 0.29) is 30.3 Å². The van der Waals surface area contributed by atoms with Crippen LogP contribution in [0.2, 0.25) is 0 Å². The zero-order chi connectivity index (χ0) is 19.7. The van der Waals surface area contributed by atoms with E-state index in [1.165, 1.54) is 12.0 Å². The van der Waals surface area contributed by atoms with Gasteiger partial charge in [0, 0.05) is 25.6 Å². The van der Waals surface area contributed by atoms with Crippen molar-refractivity contribution in [3.63, 3.8) is 0 Å². The molecule has 0 bridgehead atoms. The van der Waals surface area contributed by atoms with Crippen LogP contribution in [0.15, 0.2) is 30.3 Å². The Bertz CT molecular complexity index is 595. The Labute approximate surface area is 164 Å². The fraction of sp³-hybridized carbons (Fsp3) is 0.714. The Morgan fingerprint density at radius 3 is 2.41 bits per heavy atom. The molecule has 1 aliphatic carbocycles. The second-order valence-electron chi connectivity index (χ2n) is 9.10. The van der Waals surface area contributed by atoms with Gasteiger partial charge in [-0.2, -0.15) is 0 Å². The number of hydrogen-bond acceptors (Lipinski definition) is 5. The minimum atomic E-state index is -0.325. The van der Waals surface area contributed by atoms with Crippen molar-refractivity contribution in [1.29, 1.82) is 0 Å². The van der Waals surface area contributed by atoms with Crippen molar-refractivity contribution in [3.05, 3.63) is 35.9 Å². The lowest BCUT2D eigenvalue weighted by Gasteiger charge is -2.32. The lowest BCUT2D eigenvalue weighted by Crippen LogP contribution is -2.50. The van der Waals surface area contributed by atoms with Crippen molar-refractivity contribution in [2.75, 3.05) is 20.3 Å². The maximum atomic E-state index is 6.33. The van der Waals surface area contributed by atoms with E-state index in [1.807, 2.05) is 0 Å². The average molecular weight is 374 g/mol. The van der Waals surface area contributed by atoms with Crippen molar-refractivity contribution in [2.24, 2.45) is 11.7 Å². The van der Waals surface area contributed by atoms with Crippen LogP contribution in [-0.4, -0.2) is 50.6 Å². The van der Waals surface area contributed by atoms with Gasteiger partial charge in [-0.05, 0) is 57.9 Å². The predicted octanol–water partition coefficient (Wildman–Crippen LogP) is 2.74. The first-order valence-electron chi connectivity index (χ1n) is 10.1. The fourth-order valence-corrected chi connectivity index (χ4v) is 3.86. The summed E-state index contributed by atoms with van der Waals surface area (Å²) >= 11 is 0. The van der Waals surface area contributed by atoms with Crippen molar-refractivity contribution >= 4 is 7.12 Å². The van der Waals surface area contributed by atoms with E-state index in [1.54, 1.807) is 7.11 Å². The summed E-state index contributed by atoms with van der Waals surface area (Å²) in [5.41, 5.74) is 6.92. The van der Waals surface area contributed by atoms with Crippen molar-refractivity contribution in [3.8, 4) is 0 Å². The molecule has 5 nitrogen and oxygen atoms in total. The van der Waals surface area contributed by atoms with E-state index in [4.69, 9.17) is 19.8 Å². The van der Waals surface area contributed by atoms with Gasteiger partial charge in [-0.1, -0.05) is 30.3 Å². The quantitative estimate of drug-likeness (QED) is 0.651. The minimum absolute atomic E-state index is 0.0379. The molecule has 1 aromatic carbocycles. The molecular weight excluding hydrogens is 339 g/mol. The molecule has 2 aliphatic rings. The molecule has 0 amide bonds. The van der Waals surface area contributed by atoms with Gasteiger partial charge in [-0.3, -0.25) is 0 Å². The molecule has 27 heavy (non-hydrogen) atoms. The van der Waals surface area contributed by atoms with E-state index < -0.39 is 0 Å². The SMILES string of the molecule is COC[C@@H](N)CN[C@@H](C[C@H]1C[C@@H]1c1ccccc1)B1OC(C)(C)C(C)(C)O1. The van der Waals surface area contributed by atoms with Gasteiger partial charge in [0.2, 0.25) is 0 Å². The molecule has 2 fully saturated rings. The molecule has 150 valence electrons. The summed E-state index contributed by atoms with van der Waals surface area (Å²) in [6.07, 6.45) is 2.25. The summed E-state index contributed by atoms with van der Waals surface area (Å²) in [5, 5.41) is 3.61. The molecule has 1 aromatic rings. The average Bonchev–Trinajstić information content (AvgIpc) is 3.33. The molecule has 3 N–H and O–H groups in total. The summed E-state index contributed by atoms with van der Waals surface area (Å²) in [6, 6.07) is 10.8. The number of benzene rings is 1. The van der Waals surface area contributed by atoms with Crippen LogP contribution in [0.5, 0.6) is 0 Å². The van der Waals surface area contributed by atoms with Gasteiger partial charge in [0.05, 0.1) is 17.8 Å². The molecule has 0 aromatic heterocycles. The number of nitrogens with one attached hydrogen (secondary N) is 1. The third-order valence-electron chi connectivity index (χ3n) is 6.33. The molecule has 3 rings (SSSR count). The molecule has 0 radical (unpaired) electrons. The van der Waals surface area contributed by atoms with Crippen LogP contribution in [0.4, 0.5) is 0 Å². The van der Waals surface area contributed by atoms with Gasteiger partial charge >= 0.3 is 7.12 Å². The molecular formula is C21H35BN2O3. The lowest BCUT2D eigenvalue weighted by atomic mass is 9.74. The van der Waals surface area contributed by atoms with Gasteiger partial charge in [-0.25, -0.2) is 0 Å². The van der Waals surface area contributed by atoms with Crippen LogP contribution in [0.1, 0.15) is 52.0 Å². The van der Waals surface area contributed by atoms with Crippen molar-refractivity contribution in [2.45, 2.75) is 69.6 Å². The van der Waals surface area contributed by atoms with Crippen LogP contribution in [0.25, 0.3) is 0 Å². The van der Waals surface area contributed by atoms with Crippen LogP contribution >= 0.6 is 0 Å². The number of rotatable bonds is 9. The summed E-state index contributed by atoms with van der Waals surface area (Å²) in [4.78, 5) is 0. The second-order valence-corrected chi connectivity index (χ2v) is 9.10. The zero-order valence-electron chi connectivity index (χ0n) is 17.4. The summed E-state index contributed by atoms with van der Waals surface area (Å²) in [7, 11) is 1.42. The number of ether oxygens (including phenoxy) is 1. The minimum Gasteiger partial charge on any atom is -0.402 e. The highest BCUT2D eigenvalue weighted by molar-refractivity contribution is 6.47. The standard InChI is InChI=1S/C21H35BN2O3/c1-20(2)21(3,4)27-22(26-20)19(24-13-17(23)14-25-5)12-16-11-18(16)15-9-7-6-8-10-15/h6-10,16-19,24H,11-14,23H2,1-5H3/t16-,17+,18-,19+/m1/s1. The molecule has 6 heteroatoms. The van der Waals surface area contributed by atoms with E-state index in [9.17, 15) is 0 Å². The molecule has 1 saturated carbocycles. The maximum absolute atomic E-state index is 6.33. The van der Waals surface area contributed by atoms with Gasteiger partial charge in [0.15, 0.2) is 0 Å². The van der Waals surface area contributed by atoms with Gasteiger partial charge in [0.1, 0.15) is 0 Å². The first kappa shape index (κ1) is 20.8. The van der Waals surface area contributed by atoms with Crippen molar-refractivity contribution < 1.29 is 14.0 Å². The van der Waals surface area contributed by atoms with Gasteiger partial charge in [-0.15, -0.1) is 0 Å². The van der Waals surface area contributed by atoms with Gasteiger partial charge in [0.25, 0.3) is 0 Å². The molecule has 1 aliphatic heterocycles. The first-order valence-corrected chi connectivity index (χ1v) is 10.1. The van der Waals surface area contributed by atoms with E-state index in [0.717, 1.165) is 6.42 Å². The van der Waals surface area contributed by atoms with Crippen LogP contribution < -0.4 is 11.1 Å². The highest BCUT2D eigenvalue weighted by atomic mass is 16.7. The molecule has 0 unspecified atom stereocenters. The highest BCUT2D eigenvalue weighted by Crippen LogP contribution is 2.50. The van der Waals surface area contributed by atoms with Crippen LogP contribution in [0, 0.1) is 5.92 Å². The first-order chi connectivity index (χ1) is 12.7. The summed E-state index contributed by atoms with van der Waals surface area (Å²) in [6.45, 7) is 9.63. The van der Waals surface area contributed by atoms with Crippen LogP contribution in [0.3, 0.4) is 0 Å². The Balaban J connectivity index is 1.64. The van der Waals surface area contributed by atoms with E-state index in [0.29, 0.717) is 25.0 Å². The second kappa shape index (κ2) is 8.22. The normalized spacial score (nSPS) is 28.1. The smallest absolute Gasteiger partial charge is 0.402 e.